The quantitative estimate of drug-likeness (QED) is 0.426. The van der Waals surface area contributed by atoms with Crippen molar-refractivity contribution < 1.29 is 4.42 Å². The summed E-state index contributed by atoms with van der Waals surface area (Å²) in [6.45, 7) is 2.94. The van der Waals surface area contributed by atoms with E-state index in [1.807, 2.05) is 30.3 Å². The van der Waals surface area contributed by atoms with Crippen LogP contribution in [0.4, 0.5) is 0 Å². The Morgan fingerprint density at radius 3 is 2.48 bits per heavy atom. The average molecular weight is 392 g/mol. The number of rotatable bonds is 10. The molecule has 4 heteroatoms. The van der Waals surface area contributed by atoms with Crippen LogP contribution in [0, 0.1) is 0 Å². The second kappa shape index (κ2) is 10.9. The summed E-state index contributed by atoms with van der Waals surface area (Å²) in [5.41, 5.74) is 2.94. The highest BCUT2D eigenvalue weighted by molar-refractivity contribution is 5.76. The summed E-state index contributed by atoms with van der Waals surface area (Å²) in [7, 11) is 4.20. The minimum atomic E-state index is 0.166. The van der Waals surface area contributed by atoms with E-state index in [1.54, 1.807) is 0 Å². The first-order valence-electron chi connectivity index (χ1n) is 10.8. The monoisotopic (exact) mass is 391 g/mol. The molecule has 1 aromatic heterocycles. The summed E-state index contributed by atoms with van der Waals surface area (Å²) >= 11 is 0. The van der Waals surface area contributed by atoms with Crippen molar-refractivity contribution in [1.29, 1.82) is 0 Å². The zero-order chi connectivity index (χ0) is 20.5. The van der Waals surface area contributed by atoms with Crippen LogP contribution in [-0.4, -0.2) is 30.5 Å². The summed E-state index contributed by atoms with van der Waals surface area (Å²) in [6, 6.07) is 18.8. The molecule has 0 saturated carbocycles. The van der Waals surface area contributed by atoms with Crippen LogP contribution in [0.25, 0.3) is 10.9 Å². The first kappa shape index (κ1) is 21.3. The second-order valence-corrected chi connectivity index (χ2v) is 7.82. The minimum absolute atomic E-state index is 0.166. The summed E-state index contributed by atoms with van der Waals surface area (Å²) in [4.78, 5) is 11.9. The molecule has 0 aliphatic heterocycles. The largest absolute Gasteiger partial charge is 0.423 e. The lowest BCUT2D eigenvalue weighted by molar-refractivity contribution is 0.221. The van der Waals surface area contributed by atoms with Gasteiger partial charge in [0.05, 0.1) is 16.9 Å². The van der Waals surface area contributed by atoms with Crippen LogP contribution in [0.1, 0.15) is 56.5 Å². The summed E-state index contributed by atoms with van der Waals surface area (Å²) < 4.78 is 6.29. The Morgan fingerprint density at radius 2 is 1.72 bits per heavy atom. The maximum Gasteiger partial charge on any atom is 0.225 e. The maximum atomic E-state index is 6.29. The van der Waals surface area contributed by atoms with Crippen LogP contribution >= 0.6 is 0 Å². The number of nitrogens with zero attached hydrogens (tertiary/aromatic N) is 3. The molecule has 0 aliphatic rings. The van der Waals surface area contributed by atoms with Gasteiger partial charge in [-0.3, -0.25) is 9.89 Å². The molecule has 0 spiro atoms. The average Bonchev–Trinajstić information content (AvgIpc) is 2.74. The predicted octanol–water partition coefficient (Wildman–Crippen LogP) is 5.54. The topological polar surface area (TPSA) is 41.6 Å². The third-order valence-corrected chi connectivity index (χ3v) is 5.30. The van der Waals surface area contributed by atoms with Gasteiger partial charge in [-0.05, 0) is 44.6 Å². The third-order valence-electron chi connectivity index (χ3n) is 5.30. The Kier molecular flexibility index (Phi) is 8.00. The van der Waals surface area contributed by atoms with Gasteiger partial charge >= 0.3 is 0 Å². The normalized spacial score (nSPS) is 13.3. The van der Waals surface area contributed by atoms with Gasteiger partial charge in [-0.2, -0.15) is 0 Å². The van der Waals surface area contributed by atoms with E-state index in [0.717, 1.165) is 29.6 Å². The molecule has 0 aliphatic carbocycles. The summed E-state index contributed by atoms with van der Waals surface area (Å²) in [5, 5.41) is 0.979. The molecule has 0 amide bonds. The van der Waals surface area contributed by atoms with Crippen molar-refractivity contribution in [1.82, 2.24) is 9.88 Å². The zero-order valence-corrected chi connectivity index (χ0v) is 18.0. The SMILES string of the molecule is CCCCCCC(c1nc2ccccc2c(=NCCc2ccccc2)o1)N(C)C. The van der Waals surface area contributed by atoms with Crippen LogP contribution in [0.3, 0.4) is 0 Å². The Balaban J connectivity index is 1.88. The molecule has 1 unspecified atom stereocenters. The van der Waals surface area contributed by atoms with Gasteiger partial charge in [0.2, 0.25) is 11.4 Å². The molecule has 0 saturated heterocycles. The van der Waals surface area contributed by atoms with E-state index in [9.17, 15) is 0 Å². The van der Waals surface area contributed by atoms with E-state index in [-0.39, 0.29) is 6.04 Å². The van der Waals surface area contributed by atoms with Crippen LogP contribution in [-0.2, 0) is 6.42 Å². The summed E-state index contributed by atoms with van der Waals surface area (Å²) in [5.74, 6) is 0.767. The van der Waals surface area contributed by atoms with Gasteiger partial charge in [0, 0.05) is 6.54 Å². The molecule has 0 radical (unpaired) electrons. The zero-order valence-electron chi connectivity index (χ0n) is 18.0. The highest BCUT2D eigenvalue weighted by Crippen LogP contribution is 2.24. The molecular weight excluding hydrogens is 358 g/mol. The third kappa shape index (κ3) is 6.01. The first-order chi connectivity index (χ1) is 14.2. The molecule has 154 valence electrons. The molecule has 29 heavy (non-hydrogen) atoms. The van der Waals surface area contributed by atoms with Crippen molar-refractivity contribution in [2.24, 2.45) is 4.99 Å². The molecule has 0 fully saturated rings. The van der Waals surface area contributed by atoms with Crippen LogP contribution in [0.2, 0.25) is 0 Å². The number of aromatic nitrogens is 1. The van der Waals surface area contributed by atoms with Crippen molar-refractivity contribution in [2.75, 3.05) is 20.6 Å². The fourth-order valence-corrected chi connectivity index (χ4v) is 3.61. The smallest absolute Gasteiger partial charge is 0.225 e. The Bertz CT molecular complexity index is 947. The molecule has 0 bridgehead atoms. The van der Waals surface area contributed by atoms with Crippen LogP contribution in [0.5, 0.6) is 0 Å². The predicted molar refractivity (Wildman–Crippen MR) is 120 cm³/mol. The number of para-hydroxylation sites is 1. The number of hydrogen-bond acceptors (Lipinski definition) is 4. The van der Waals surface area contributed by atoms with E-state index >= 15 is 0 Å². The lowest BCUT2D eigenvalue weighted by Crippen LogP contribution is -2.23. The molecule has 1 atom stereocenters. The van der Waals surface area contributed by atoms with Gasteiger partial charge in [0.25, 0.3) is 0 Å². The van der Waals surface area contributed by atoms with E-state index in [2.05, 4.69) is 50.2 Å². The fraction of sp³-hybridized carbons (Fsp3) is 0.440. The molecule has 3 rings (SSSR count). The van der Waals surface area contributed by atoms with Gasteiger partial charge in [0.15, 0.2) is 0 Å². The Labute approximate surface area is 174 Å². The van der Waals surface area contributed by atoms with Gasteiger partial charge in [-0.1, -0.05) is 75.1 Å². The highest BCUT2D eigenvalue weighted by Gasteiger charge is 2.19. The van der Waals surface area contributed by atoms with Gasteiger partial charge < -0.3 is 4.42 Å². The summed E-state index contributed by atoms with van der Waals surface area (Å²) in [6.07, 6.45) is 6.91. The maximum absolute atomic E-state index is 6.29. The van der Waals surface area contributed by atoms with Crippen molar-refractivity contribution in [2.45, 2.75) is 51.5 Å². The van der Waals surface area contributed by atoms with Crippen LogP contribution in [0.15, 0.2) is 64.0 Å². The molecule has 0 N–H and O–H groups in total. The molecule has 1 heterocycles. The van der Waals surface area contributed by atoms with Gasteiger partial charge in [-0.25, -0.2) is 4.98 Å². The molecule has 4 nitrogen and oxygen atoms in total. The van der Waals surface area contributed by atoms with Gasteiger partial charge in [0.1, 0.15) is 0 Å². The van der Waals surface area contributed by atoms with Gasteiger partial charge in [-0.15, -0.1) is 0 Å². The van der Waals surface area contributed by atoms with Crippen LogP contribution < -0.4 is 5.55 Å². The Morgan fingerprint density at radius 1 is 0.966 bits per heavy atom. The first-order valence-corrected chi connectivity index (χ1v) is 10.8. The number of benzene rings is 2. The fourth-order valence-electron chi connectivity index (χ4n) is 3.61. The second-order valence-electron chi connectivity index (χ2n) is 7.82. The van der Waals surface area contributed by atoms with E-state index < -0.39 is 0 Å². The van der Waals surface area contributed by atoms with Crippen molar-refractivity contribution in [3.63, 3.8) is 0 Å². The van der Waals surface area contributed by atoms with E-state index in [1.165, 1.54) is 31.2 Å². The number of hydrogen-bond donors (Lipinski definition) is 0. The number of unbranched alkanes of at least 4 members (excludes halogenated alkanes) is 3. The van der Waals surface area contributed by atoms with Crippen molar-refractivity contribution >= 4 is 10.9 Å². The van der Waals surface area contributed by atoms with E-state index in [0.29, 0.717) is 12.1 Å². The highest BCUT2D eigenvalue weighted by atomic mass is 16.3. The van der Waals surface area contributed by atoms with Crippen molar-refractivity contribution in [3.8, 4) is 0 Å². The standard InChI is InChI=1S/C25H33N3O/c1-4-5-6-10-17-23(28(2)3)25-27-22-16-12-11-15-21(22)24(29-25)26-19-18-20-13-8-7-9-14-20/h7-9,11-16,23H,4-6,10,17-19H2,1-3H3. The van der Waals surface area contributed by atoms with Crippen molar-refractivity contribution in [3.05, 3.63) is 71.6 Å². The minimum Gasteiger partial charge on any atom is -0.423 e. The molecular formula is C25H33N3O. The number of fused-ring (bicyclic) bond motifs is 1. The van der Waals surface area contributed by atoms with E-state index in [4.69, 9.17) is 14.4 Å². The lowest BCUT2D eigenvalue weighted by Gasteiger charge is -2.22. The Hall–Kier alpha value is -2.46. The lowest BCUT2D eigenvalue weighted by atomic mass is 10.1. The molecule has 3 aromatic rings. The molecule has 2 aromatic carbocycles.